The van der Waals surface area contributed by atoms with Crippen molar-refractivity contribution in [3.8, 4) is 11.3 Å². The van der Waals surface area contributed by atoms with E-state index in [4.69, 9.17) is 9.90 Å². The van der Waals surface area contributed by atoms with Crippen LogP contribution in [-0.2, 0) is 11.2 Å². The molecule has 3 heterocycles. The van der Waals surface area contributed by atoms with Crippen LogP contribution < -0.4 is 19.8 Å². The number of aliphatic carboxylic acids is 1. The first-order valence-electron chi connectivity index (χ1n) is 9.86. The molecule has 4 aromatic rings. The van der Waals surface area contributed by atoms with E-state index in [9.17, 15) is 18.0 Å². The van der Waals surface area contributed by atoms with Crippen LogP contribution in [0.25, 0.3) is 16.8 Å². The first-order chi connectivity index (χ1) is 15.8. The van der Waals surface area contributed by atoms with Crippen molar-refractivity contribution in [3.63, 3.8) is 0 Å². The van der Waals surface area contributed by atoms with Gasteiger partial charge >= 0.3 is 17.9 Å². The maximum Gasteiger partial charge on any atom is 0.430 e. The zero-order valence-corrected chi connectivity index (χ0v) is 17.2. The molecule has 0 aliphatic rings. The number of aromatic nitrogens is 3. The molecule has 0 aliphatic heterocycles. The van der Waals surface area contributed by atoms with E-state index in [-0.39, 0.29) is 5.91 Å². The summed E-state index contributed by atoms with van der Waals surface area (Å²) in [6.45, 7) is 0.590. The summed E-state index contributed by atoms with van der Waals surface area (Å²) in [6.07, 6.45) is 1.25. The summed E-state index contributed by atoms with van der Waals surface area (Å²) in [4.78, 5) is 27.8. The number of benzene rings is 1. The van der Waals surface area contributed by atoms with Gasteiger partial charge in [-0.2, -0.15) is 17.6 Å². The molecular weight excluding hydrogens is 437 g/mol. The lowest BCUT2D eigenvalue weighted by Gasteiger charge is -2.03. The van der Waals surface area contributed by atoms with Crippen LogP contribution in [0.2, 0.25) is 0 Å². The Morgan fingerprint density at radius 3 is 2.27 bits per heavy atom. The Bertz CT molecular complexity index is 1230. The van der Waals surface area contributed by atoms with Gasteiger partial charge in [0.25, 0.3) is 0 Å². The maximum atomic E-state index is 12.7. The molecule has 3 N–H and O–H groups in total. The van der Waals surface area contributed by atoms with Crippen LogP contribution in [0.1, 0.15) is 16.2 Å². The molecule has 4 rings (SSSR count). The van der Waals surface area contributed by atoms with E-state index < -0.39 is 12.1 Å². The van der Waals surface area contributed by atoms with Crippen LogP contribution in [0.5, 0.6) is 0 Å². The number of rotatable bonds is 5. The molecule has 0 fully saturated rings. The minimum Gasteiger partial charge on any atom is -0.542 e. The lowest BCUT2D eigenvalue weighted by molar-refractivity contribution is -0.513. The van der Waals surface area contributed by atoms with Gasteiger partial charge < -0.3 is 15.2 Å². The number of pyridine rings is 2. The van der Waals surface area contributed by atoms with Crippen molar-refractivity contribution < 1.29 is 37.3 Å². The third-order valence-corrected chi connectivity index (χ3v) is 4.60. The number of hydrogen-bond acceptors (Lipinski definition) is 3. The smallest absolute Gasteiger partial charge is 0.430 e. The number of carboxylic acids is 1. The Kier molecular flexibility index (Phi) is 7.39. The van der Waals surface area contributed by atoms with Gasteiger partial charge in [-0.25, -0.2) is 9.97 Å². The molecule has 0 aliphatic carbocycles. The van der Waals surface area contributed by atoms with Crippen LogP contribution >= 0.6 is 0 Å². The predicted octanol–water partition coefficient (Wildman–Crippen LogP) is 1.51. The van der Waals surface area contributed by atoms with Crippen molar-refractivity contribution in [3.05, 3.63) is 90.6 Å². The van der Waals surface area contributed by atoms with Gasteiger partial charge in [-0.05, 0) is 24.1 Å². The van der Waals surface area contributed by atoms with Crippen molar-refractivity contribution in [2.75, 3.05) is 6.54 Å². The number of nitrogens with one attached hydrogen (secondary N) is 3. The monoisotopic (exact) mass is 457 g/mol. The topological polar surface area (TPSA) is 103 Å². The van der Waals surface area contributed by atoms with Crippen LogP contribution in [-0.4, -0.2) is 29.6 Å². The second-order valence-electron chi connectivity index (χ2n) is 6.87. The highest BCUT2D eigenvalue weighted by molar-refractivity contribution is 5.91. The lowest BCUT2D eigenvalue weighted by Crippen LogP contribution is -2.37. The molecule has 0 saturated carbocycles. The van der Waals surface area contributed by atoms with Gasteiger partial charge in [0, 0.05) is 24.2 Å². The fourth-order valence-corrected chi connectivity index (χ4v) is 3.07. The van der Waals surface area contributed by atoms with Crippen LogP contribution in [0.15, 0.2) is 79.3 Å². The van der Waals surface area contributed by atoms with Crippen LogP contribution in [0, 0.1) is 0 Å². The fraction of sp³-hybridized carbons (Fsp3) is 0.130. The first-order valence-corrected chi connectivity index (χ1v) is 9.86. The van der Waals surface area contributed by atoms with Gasteiger partial charge in [-0.3, -0.25) is 4.79 Å². The van der Waals surface area contributed by atoms with Crippen molar-refractivity contribution in [2.45, 2.75) is 12.6 Å². The average Bonchev–Trinajstić information content (AvgIpc) is 3.20. The van der Waals surface area contributed by atoms with Crippen molar-refractivity contribution >= 4 is 17.4 Å². The molecule has 1 aromatic carbocycles. The number of amides is 1. The van der Waals surface area contributed by atoms with Gasteiger partial charge in [0.2, 0.25) is 0 Å². The lowest BCUT2D eigenvalue weighted by atomic mass is 10.1. The minimum atomic E-state index is -5.19. The highest BCUT2D eigenvalue weighted by Crippen LogP contribution is 2.20. The summed E-state index contributed by atoms with van der Waals surface area (Å²) in [7, 11) is 0. The van der Waals surface area contributed by atoms with E-state index in [2.05, 4.69) is 27.4 Å². The summed E-state index contributed by atoms with van der Waals surface area (Å²) in [6, 6.07) is 20.0. The second-order valence-corrected chi connectivity index (χ2v) is 6.87. The molecule has 0 spiro atoms. The van der Waals surface area contributed by atoms with Gasteiger partial charge in [-0.1, -0.05) is 36.4 Å². The molecule has 7 nitrogen and oxygen atoms in total. The maximum absolute atomic E-state index is 12.7. The number of H-pyrrole nitrogens is 2. The Labute approximate surface area is 186 Å². The highest BCUT2D eigenvalue weighted by atomic mass is 19.4. The fourth-order valence-electron chi connectivity index (χ4n) is 3.07. The molecule has 0 radical (unpaired) electrons. The molecule has 1 amide bonds. The standard InChI is InChI=1S/C21H18N4O.C2HF3O2/c26-21(23-14-9-16-6-2-1-3-7-16)20-24-19(17-10-12-22-13-11-17)18-8-4-5-15-25(18)20;3-2(4,5)1(6)7/h1-8,10-13,15H,9,14H2,(H,23,26);(H,6,7)/p+1. The zero-order valence-electron chi connectivity index (χ0n) is 17.2. The summed E-state index contributed by atoms with van der Waals surface area (Å²) in [5, 5.41) is 11.8. The number of hydrogen-bond donors (Lipinski definition) is 2. The van der Waals surface area contributed by atoms with Gasteiger partial charge in [0.15, 0.2) is 23.6 Å². The first kappa shape index (κ1) is 23.5. The number of alkyl halides is 3. The Balaban J connectivity index is 0.000000383. The number of imidazole rings is 1. The van der Waals surface area contributed by atoms with E-state index in [1.54, 1.807) is 0 Å². The van der Waals surface area contributed by atoms with Gasteiger partial charge in [0.05, 0.1) is 6.20 Å². The summed E-state index contributed by atoms with van der Waals surface area (Å²) in [5.74, 6) is -2.60. The van der Waals surface area contributed by atoms with E-state index in [1.807, 2.05) is 71.5 Å². The molecule has 170 valence electrons. The van der Waals surface area contributed by atoms with Crippen molar-refractivity contribution in [1.29, 1.82) is 0 Å². The number of nitrogens with zero attached hydrogens (tertiary/aromatic N) is 1. The second kappa shape index (κ2) is 10.4. The Hall–Kier alpha value is -4.21. The minimum absolute atomic E-state index is 0.115. The zero-order chi connectivity index (χ0) is 23.8. The van der Waals surface area contributed by atoms with Gasteiger partial charge in [0.1, 0.15) is 5.97 Å². The molecule has 0 saturated heterocycles. The number of fused-ring (bicyclic) bond motifs is 1. The molecule has 33 heavy (non-hydrogen) atoms. The largest absolute Gasteiger partial charge is 0.542 e. The van der Waals surface area contributed by atoms with Crippen LogP contribution in [0.3, 0.4) is 0 Å². The summed E-state index contributed by atoms with van der Waals surface area (Å²) >= 11 is 0. The van der Waals surface area contributed by atoms with E-state index >= 15 is 0 Å². The van der Waals surface area contributed by atoms with Gasteiger partial charge in [-0.15, -0.1) is 0 Å². The molecule has 0 unspecified atom stereocenters. The quantitative estimate of drug-likeness (QED) is 0.444. The SMILES string of the molecule is O=C(NCCc1ccccc1)c1[nH]c(-c2cc[nH+]cc2)c2cccc[n+]12.O=C([O-])C(F)(F)F. The number of aromatic amines is 2. The highest BCUT2D eigenvalue weighted by Gasteiger charge is 2.29. The number of halogens is 3. The number of carboxylic acid groups (broad SMARTS) is 1. The average molecular weight is 457 g/mol. The summed E-state index contributed by atoms with van der Waals surface area (Å²) in [5.41, 5.74) is 4.12. The van der Waals surface area contributed by atoms with E-state index in [1.165, 1.54) is 5.56 Å². The number of carbonyl (C=O) groups is 2. The molecule has 0 bridgehead atoms. The molecule has 0 atom stereocenters. The van der Waals surface area contributed by atoms with E-state index in [0.717, 1.165) is 23.2 Å². The molecule has 3 aromatic heterocycles. The Morgan fingerprint density at radius 2 is 1.64 bits per heavy atom. The Morgan fingerprint density at radius 1 is 1.00 bits per heavy atom. The third kappa shape index (κ3) is 6.16. The van der Waals surface area contributed by atoms with Crippen LogP contribution in [0.4, 0.5) is 13.2 Å². The molecule has 10 heteroatoms. The number of carbonyl (C=O) groups excluding carboxylic acids is 2. The summed E-state index contributed by atoms with van der Waals surface area (Å²) < 4.78 is 33.4. The predicted molar refractivity (Wildman–Crippen MR) is 109 cm³/mol. The van der Waals surface area contributed by atoms with E-state index in [0.29, 0.717) is 12.4 Å². The third-order valence-electron chi connectivity index (χ3n) is 4.60. The molecular formula is C23H20F3N4O3+. The normalized spacial score (nSPS) is 10.9. The van der Waals surface area contributed by atoms with Crippen molar-refractivity contribution in [2.24, 2.45) is 0 Å². The van der Waals surface area contributed by atoms with Crippen molar-refractivity contribution in [1.82, 2.24) is 10.3 Å².